The van der Waals surface area contributed by atoms with Gasteiger partial charge in [-0.3, -0.25) is 0 Å². The summed E-state index contributed by atoms with van der Waals surface area (Å²) in [6, 6.07) is 9.60. The van der Waals surface area contributed by atoms with E-state index >= 15 is 0 Å². The molecule has 0 saturated heterocycles. The standard InChI is InChI=1S/C12H16ClNO2/c1-2-14(9-8-13)12(15)16-10-11-6-4-3-5-7-11/h3-7H,2,8-10H2,1H3. The van der Waals surface area contributed by atoms with Gasteiger partial charge in [-0.15, -0.1) is 11.6 Å². The first-order valence-corrected chi connectivity index (χ1v) is 5.83. The van der Waals surface area contributed by atoms with Crippen molar-refractivity contribution in [3.05, 3.63) is 35.9 Å². The second-order valence-corrected chi connectivity index (χ2v) is 3.69. The molecule has 1 aromatic rings. The van der Waals surface area contributed by atoms with E-state index in [1.165, 1.54) is 0 Å². The first-order chi connectivity index (χ1) is 7.77. The Morgan fingerprint density at radius 2 is 2.06 bits per heavy atom. The first kappa shape index (κ1) is 12.8. The predicted molar refractivity (Wildman–Crippen MR) is 64.6 cm³/mol. The van der Waals surface area contributed by atoms with Crippen LogP contribution in [-0.2, 0) is 11.3 Å². The lowest BCUT2D eigenvalue weighted by Gasteiger charge is -2.18. The summed E-state index contributed by atoms with van der Waals surface area (Å²) in [4.78, 5) is 13.2. The molecule has 16 heavy (non-hydrogen) atoms. The van der Waals surface area contributed by atoms with Gasteiger partial charge in [-0.1, -0.05) is 30.3 Å². The smallest absolute Gasteiger partial charge is 0.410 e. The summed E-state index contributed by atoms with van der Waals surface area (Å²) in [7, 11) is 0. The van der Waals surface area contributed by atoms with Crippen molar-refractivity contribution in [3.63, 3.8) is 0 Å². The Morgan fingerprint density at radius 1 is 1.38 bits per heavy atom. The van der Waals surface area contributed by atoms with Crippen LogP contribution < -0.4 is 0 Å². The lowest BCUT2D eigenvalue weighted by atomic mass is 10.2. The molecule has 0 fully saturated rings. The Hall–Kier alpha value is -1.22. The number of alkyl halides is 1. The topological polar surface area (TPSA) is 29.5 Å². The molecular weight excluding hydrogens is 226 g/mol. The van der Waals surface area contributed by atoms with E-state index in [4.69, 9.17) is 16.3 Å². The Bertz CT molecular complexity index is 316. The number of hydrogen-bond donors (Lipinski definition) is 0. The van der Waals surface area contributed by atoms with Gasteiger partial charge in [0.1, 0.15) is 6.61 Å². The normalized spacial score (nSPS) is 9.88. The Morgan fingerprint density at radius 3 is 2.62 bits per heavy atom. The molecule has 0 unspecified atom stereocenters. The number of nitrogens with zero attached hydrogens (tertiary/aromatic N) is 1. The highest BCUT2D eigenvalue weighted by molar-refractivity contribution is 6.18. The van der Waals surface area contributed by atoms with Gasteiger partial charge in [-0.2, -0.15) is 0 Å². The number of carbonyl (C=O) groups is 1. The zero-order valence-electron chi connectivity index (χ0n) is 9.36. The highest BCUT2D eigenvalue weighted by Gasteiger charge is 2.11. The predicted octanol–water partition coefficient (Wildman–Crippen LogP) is 2.88. The third-order valence-corrected chi connectivity index (χ3v) is 2.37. The fraction of sp³-hybridized carbons (Fsp3) is 0.417. The SMILES string of the molecule is CCN(CCCl)C(=O)OCc1ccccc1. The van der Waals surface area contributed by atoms with Crippen LogP contribution in [0.15, 0.2) is 30.3 Å². The van der Waals surface area contributed by atoms with Crippen LogP contribution >= 0.6 is 11.6 Å². The van der Waals surface area contributed by atoms with E-state index in [9.17, 15) is 4.79 Å². The van der Waals surface area contributed by atoms with Gasteiger partial charge in [0.25, 0.3) is 0 Å². The van der Waals surface area contributed by atoms with Gasteiger partial charge in [0, 0.05) is 19.0 Å². The number of hydrogen-bond acceptors (Lipinski definition) is 2. The fourth-order valence-corrected chi connectivity index (χ4v) is 1.50. The van der Waals surface area contributed by atoms with Crippen molar-refractivity contribution in [3.8, 4) is 0 Å². The molecule has 0 aliphatic heterocycles. The van der Waals surface area contributed by atoms with Crippen molar-refractivity contribution < 1.29 is 9.53 Å². The minimum absolute atomic E-state index is 0.304. The van der Waals surface area contributed by atoms with E-state index < -0.39 is 0 Å². The molecule has 0 radical (unpaired) electrons. The molecule has 1 aromatic carbocycles. The summed E-state index contributed by atoms with van der Waals surface area (Å²) in [6.07, 6.45) is -0.313. The lowest BCUT2D eigenvalue weighted by Crippen LogP contribution is -2.32. The zero-order chi connectivity index (χ0) is 11.8. The second kappa shape index (κ2) is 7.12. The minimum Gasteiger partial charge on any atom is -0.445 e. The number of benzene rings is 1. The van der Waals surface area contributed by atoms with Gasteiger partial charge in [0.2, 0.25) is 0 Å². The summed E-state index contributed by atoms with van der Waals surface area (Å²) in [5.41, 5.74) is 0.984. The summed E-state index contributed by atoms with van der Waals surface area (Å²) < 4.78 is 5.16. The quantitative estimate of drug-likeness (QED) is 0.742. The van der Waals surface area contributed by atoms with Gasteiger partial charge in [-0.25, -0.2) is 4.79 Å². The Labute approximate surface area is 101 Å². The average molecular weight is 242 g/mol. The molecule has 0 saturated carbocycles. The highest BCUT2D eigenvalue weighted by atomic mass is 35.5. The van der Waals surface area contributed by atoms with E-state index in [-0.39, 0.29) is 6.09 Å². The number of carbonyl (C=O) groups excluding carboxylic acids is 1. The van der Waals surface area contributed by atoms with E-state index in [2.05, 4.69) is 0 Å². The van der Waals surface area contributed by atoms with E-state index in [1.54, 1.807) is 4.90 Å². The van der Waals surface area contributed by atoms with E-state index in [1.807, 2.05) is 37.3 Å². The van der Waals surface area contributed by atoms with Crippen LogP contribution in [0.25, 0.3) is 0 Å². The van der Waals surface area contributed by atoms with Gasteiger partial charge in [0.15, 0.2) is 0 Å². The maximum Gasteiger partial charge on any atom is 0.410 e. The third-order valence-electron chi connectivity index (χ3n) is 2.20. The Kier molecular flexibility index (Phi) is 5.72. The van der Waals surface area contributed by atoms with Crippen LogP contribution in [-0.4, -0.2) is 30.0 Å². The van der Waals surface area contributed by atoms with Gasteiger partial charge < -0.3 is 9.64 Å². The number of halogens is 1. The maximum atomic E-state index is 11.6. The van der Waals surface area contributed by atoms with E-state index in [0.29, 0.717) is 25.6 Å². The van der Waals surface area contributed by atoms with Gasteiger partial charge >= 0.3 is 6.09 Å². The molecule has 0 aliphatic rings. The molecule has 4 heteroatoms. The Balaban J connectivity index is 2.40. The summed E-state index contributed by atoms with van der Waals surface area (Å²) in [6.45, 7) is 3.33. The van der Waals surface area contributed by atoms with Crippen molar-refractivity contribution in [2.45, 2.75) is 13.5 Å². The largest absolute Gasteiger partial charge is 0.445 e. The van der Waals surface area contributed by atoms with Crippen molar-refractivity contribution in [1.29, 1.82) is 0 Å². The molecule has 88 valence electrons. The monoisotopic (exact) mass is 241 g/mol. The summed E-state index contributed by atoms with van der Waals surface area (Å²) in [5, 5.41) is 0. The first-order valence-electron chi connectivity index (χ1n) is 5.29. The molecule has 0 aromatic heterocycles. The van der Waals surface area contributed by atoms with Crippen LogP contribution in [0.5, 0.6) is 0 Å². The van der Waals surface area contributed by atoms with Crippen LogP contribution in [0.1, 0.15) is 12.5 Å². The molecule has 0 heterocycles. The van der Waals surface area contributed by atoms with Crippen molar-refractivity contribution >= 4 is 17.7 Å². The minimum atomic E-state index is -0.313. The van der Waals surface area contributed by atoms with Crippen molar-refractivity contribution in [2.24, 2.45) is 0 Å². The van der Waals surface area contributed by atoms with Gasteiger partial charge in [-0.05, 0) is 12.5 Å². The summed E-state index contributed by atoms with van der Waals surface area (Å²) >= 11 is 5.59. The number of amides is 1. The number of ether oxygens (including phenoxy) is 1. The molecule has 1 amide bonds. The van der Waals surface area contributed by atoms with E-state index in [0.717, 1.165) is 5.56 Å². The molecule has 0 aliphatic carbocycles. The molecule has 1 rings (SSSR count). The highest BCUT2D eigenvalue weighted by Crippen LogP contribution is 2.03. The zero-order valence-corrected chi connectivity index (χ0v) is 10.1. The number of rotatable bonds is 5. The van der Waals surface area contributed by atoms with Crippen LogP contribution in [0, 0.1) is 0 Å². The van der Waals surface area contributed by atoms with Gasteiger partial charge in [0.05, 0.1) is 0 Å². The maximum absolute atomic E-state index is 11.6. The second-order valence-electron chi connectivity index (χ2n) is 3.31. The van der Waals surface area contributed by atoms with Crippen molar-refractivity contribution in [2.75, 3.05) is 19.0 Å². The lowest BCUT2D eigenvalue weighted by molar-refractivity contribution is 0.100. The average Bonchev–Trinajstić information content (AvgIpc) is 2.34. The molecule has 0 atom stereocenters. The fourth-order valence-electron chi connectivity index (χ4n) is 1.29. The van der Waals surface area contributed by atoms with Crippen LogP contribution in [0.3, 0.4) is 0 Å². The molecule has 0 bridgehead atoms. The molecule has 0 N–H and O–H groups in total. The van der Waals surface area contributed by atoms with Crippen LogP contribution in [0.4, 0.5) is 4.79 Å². The van der Waals surface area contributed by atoms with Crippen LogP contribution in [0.2, 0.25) is 0 Å². The summed E-state index contributed by atoms with van der Waals surface area (Å²) in [5.74, 6) is 0.425. The molecular formula is C12H16ClNO2. The third kappa shape index (κ3) is 4.11. The van der Waals surface area contributed by atoms with Crippen molar-refractivity contribution in [1.82, 2.24) is 4.90 Å². The molecule has 0 spiro atoms. The molecule has 3 nitrogen and oxygen atoms in total.